The molecule has 0 atom stereocenters. The van der Waals surface area contributed by atoms with Gasteiger partial charge in [-0.3, -0.25) is 0 Å². The maximum absolute atomic E-state index is 6.69. The fourth-order valence-electron chi connectivity index (χ4n) is 8.41. The Morgan fingerprint density at radius 2 is 0.804 bits per heavy atom. The number of fused-ring (bicyclic) bond motifs is 9. The topological polar surface area (TPSA) is 73.7 Å². The molecule has 56 heavy (non-hydrogen) atoms. The molecule has 1 aliphatic heterocycles. The van der Waals surface area contributed by atoms with Crippen LogP contribution in [-0.2, 0) is 5.41 Å². The zero-order valence-corrected chi connectivity index (χ0v) is 30.0. The zero-order chi connectivity index (χ0) is 37.1. The van der Waals surface area contributed by atoms with Gasteiger partial charge >= 0.3 is 0 Å². The molecule has 2 aliphatic rings. The maximum Gasteiger partial charge on any atom is 0.164 e. The molecule has 7 aromatic carbocycles. The molecule has 0 bridgehead atoms. The SMILES string of the molecule is c1ccc(-c2ccc(-c3cccc(-c4nc(-c5ccccc5)nc(-c5ccc6c(c5)C5(c7ccccc7O6)c6ccccc6-c6ccccc65)n4)c3)nn2)cc1. The number of ether oxygens (including phenoxy) is 1. The minimum atomic E-state index is -0.600. The van der Waals surface area contributed by atoms with E-state index >= 15 is 0 Å². The van der Waals surface area contributed by atoms with Gasteiger partial charge in [0.1, 0.15) is 11.5 Å². The van der Waals surface area contributed by atoms with Gasteiger partial charge in [0, 0.05) is 38.9 Å². The quantitative estimate of drug-likeness (QED) is 0.176. The second-order valence-electron chi connectivity index (χ2n) is 14.1. The van der Waals surface area contributed by atoms with Gasteiger partial charge in [0.2, 0.25) is 0 Å². The van der Waals surface area contributed by atoms with Crippen molar-refractivity contribution in [1.82, 2.24) is 25.1 Å². The summed E-state index contributed by atoms with van der Waals surface area (Å²) in [5.41, 5.74) is 12.6. The molecular weight excluding hydrogens is 687 g/mol. The van der Waals surface area contributed by atoms with E-state index in [2.05, 4.69) is 101 Å². The van der Waals surface area contributed by atoms with Crippen molar-refractivity contribution in [2.24, 2.45) is 0 Å². The van der Waals surface area contributed by atoms with Gasteiger partial charge in [-0.15, -0.1) is 10.2 Å². The molecule has 1 aliphatic carbocycles. The molecule has 9 aromatic rings. The zero-order valence-electron chi connectivity index (χ0n) is 30.0. The lowest BCUT2D eigenvalue weighted by atomic mass is 9.66. The highest BCUT2D eigenvalue weighted by atomic mass is 16.5. The molecule has 0 fully saturated rings. The van der Waals surface area contributed by atoms with Crippen molar-refractivity contribution in [1.29, 1.82) is 0 Å². The van der Waals surface area contributed by atoms with Crippen LogP contribution in [0.2, 0.25) is 0 Å². The predicted octanol–water partition coefficient (Wildman–Crippen LogP) is 11.5. The molecule has 6 nitrogen and oxygen atoms in total. The van der Waals surface area contributed by atoms with E-state index in [-0.39, 0.29) is 0 Å². The third kappa shape index (κ3) is 5.00. The van der Waals surface area contributed by atoms with E-state index in [1.807, 2.05) is 97.1 Å². The fourth-order valence-corrected chi connectivity index (χ4v) is 8.41. The molecule has 0 saturated heterocycles. The smallest absolute Gasteiger partial charge is 0.164 e. The fraction of sp³-hybridized carbons (Fsp3) is 0.0200. The van der Waals surface area contributed by atoms with Gasteiger partial charge in [-0.1, -0.05) is 146 Å². The van der Waals surface area contributed by atoms with E-state index in [9.17, 15) is 0 Å². The van der Waals surface area contributed by atoms with E-state index in [1.54, 1.807) is 0 Å². The average Bonchev–Trinajstić information content (AvgIpc) is 3.57. The van der Waals surface area contributed by atoms with Crippen LogP contribution in [0, 0.1) is 0 Å². The summed E-state index contributed by atoms with van der Waals surface area (Å²) in [7, 11) is 0. The molecule has 1 spiro atoms. The second-order valence-corrected chi connectivity index (χ2v) is 14.1. The van der Waals surface area contributed by atoms with Crippen molar-refractivity contribution in [3.8, 4) is 79.3 Å². The molecule has 11 rings (SSSR count). The summed E-state index contributed by atoms with van der Waals surface area (Å²) in [6.45, 7) is 0. The van der Waals surface area contributed by atoms with Crippen molar-refractivity contribution in [3.63, 3.8) is 0 Å². The van der Waals surface area contributed by atoms with E-state index in [4.69, 9.17) is 19.7 Å². The summed E-state index contributed by atoms with van der Waals surface area (Å²) in [4.78, 5) is 15.4. The van der Waals surface area contributed by atoms with Gasteiger partial charge in [0.15, 0.2) is 17.5 Å². The third-order valence-corrected chi connectivity index (χ3v) is 10.9. The number of para-hydroxylation sites is 1. The Labute approximate surface area is 323 Å². The highest BCUT2D eigenvalue weighted by Gasteiger charge is 2.51. The van der Waals surface area contributed by atoms with E-state index in [1.165, 1.54) is 22.3 Å². The van der Waals surface area contributed by atoms with Crippen LogP contribution in [0.4, 0.5) is 0 Å². The minimum Gasteiger partial charge on any atom is -0.457 e. The van der Waals surface area contributed by atoms with Crippen LogP contribution in [0.5, 0.6) is 11.5 Å². The molecule has 262 valence electrons. The Balaban J connectivity index is 1.08. The summed E-state index contributed by atoms with van der Waals surface area (Å²) >= 11 is 0. The van der Waals surface area contributed by atoms with Crippen LogP contribution < -0.4 is 4.74 Å². The molecule has 6 heteroatoms. The van der Waals surface area contributed by atoms with Crippen molar-refractivity contribution in [3.05, 3.63) is 210 Å². The number of aromatic nitrogens is 5. The number of benzene rings is 7. The van der Waals surface area contributed by atoms with E-state index in [0.717, 1.165) is 61.8 Å². The molecule has 0 unspecified atom stereocenters. The number of hydrogen-bond donors (Lipinski definition) is 0. The maximum atomic E-state index is 6.69. The summed E-state index contributed by atoms with van der Waals surface area (Å²) in [6, 6.07) is 64.5. The lowest BCUT2D eigenvalue weighted by molar-refractivity contribution is 0.436. The van der Waals surface area contributed by atoms with Gasteiger partial charge in [0.05, 0.1) is 16.8 Å². The first-order valence-corrected chi connectivity index (χ1v) is 18.7. The van der Waals surface area contributed by atoms with E-state index < -0.39 is 5.41 Å². The number of rotatable bonds is 5. The lowest BCUT2D eigenvalue weighted by Gasteiger charge is -2.39. The second kappa shape index (κ2) is 12.8. The van der Waals surface area contributed by atoms with Crippen molar-refractivity contribution in [2.75, 3.05) is 0 Å². The highest BCUT2D eigenvalue weighted by molar-refractivity contribution is 5.89. The largest absolute Gasteiger partial charge is 0.457 e. The van der Waals surface area contributed by atoms with Crippen LogP contribution in [0.1, 0.15) is 22.3 Å². The Morgan fingerprint density at radius 3 is 1.46 bits per heavy atom. The molecule has 2 aromatic heterocycles. The monoisotopic (exact) mass is 717 g/mol. The summed E-state index contributed by atoms with van der Waals surface area (Å²) < 4.78 is 6.69. The normalized spacial score (nSPS) is 12.9. The molecule has 0 radical (unpaired) electrons. The van der Waals surface area contributed by atoms with Gasteiger partial charge < -0.3 is 4.74 Å². The van der Waals surface area contributed by atoms with Crippen LogP contribution in [-0.4, -0.2) is 25.1 Å². The summed E-state index contributed by atoms with van der Waals surface area (Å²) in [5.74, 6) is 3.39. The average molecular weight is 718 g/mol. The first-order valence-electron chi connectivity index (χ1n) is 18.7. The highest BCUT2D eigenvalue weighted by Crippen LogP contribution is 2.62. The van der Waals surface area contributed by atoms with Gasteiger partial charge in [0.25, 0.3) is 0 Å². The first kappa shape index (κ1) is 31.9. The van der Waals surface area contributed by atoms with Crippen LogP contribution >= 0.6 is 0 Å². The predicted molar refractivity (Wildman–Crippen MR) is 220 cm³/mol. The molecule has 0 saturated carbocycles. The van der Waals surface area contributed by atoms with Crippen LogP contribution in [0.3, 0.4) is 0 Å². The van der Waals surface area contributed by atoms with Crippen molar-refractivity contribution >= 4 is 0 Å². The molecule has 0 N–H and O–H groups in total. The Morgan fingerprint density at radius 1 is 0.321 bits per heavy atom. The Bertz CT molecular complexity index is 2900. The summed E-state index contributed by atoms with van der Waals surface area (Å²) in [6.07, 6.45) is 0. The summed E-state index contributed by atoms with van der Waals surface area (Å²) in [5, 5.41) is 9.14. The van der Waals surface area contributed by atoms with E-state index in [0.29, 0.717) is 17.5 Å². The Kier molecular flexibility index (Phi) is 7.29. The third-order valence-electron chi connectivity index (χ3n) is 10.9. The van der Waals surface area contributed by atoms with Gasteiger partial charge in [-0.05, 0) is 64.7 Å². The van der Waals surface area contributed by atoms with Crippen molar-refractivity contribution < 1.29 is 4.74 Å². The van der Waals surface area contributed by atoms with Gasteiger partial charge in [-0.2, -0.15) is 0 Å². The standard InChI is InChI=1S/C50H31N5O/c1-3-14-32(15-4-1)43-27-28-44(55-54-43)34-18-13-19-35(30-34)48-51-47(33-16-5-2-6-17-33)52-49(53-48)36-26-29-46-42(31-36)50(41-24-11-12-25-45(41)56-46)39-22-9-7-20-37(39)38-21-8-10-23-40(38)50/h1-31H. The number of nitrogens with zero attached hydrogens (tertiary/aromatic N) is 5. The van der Waals surface area contributed by atoms with Crippen LogP contribution in [0.25, 0.3) is 67.8 Å². The Hall–Kier alpha value is -7.57. The molecule has 0 amide bonds. The lowest BCUT2D eigenvalue weighted by Crippen LogP contribution is -2.32. The van der Waals surface area contributed by atoms with Gasteiger partial charge in [-0.25, -0.2) is 15.0 Å². The molecule has 3 heterocycles. The minimum absolute atomic E-state index is 0.565. The first-order chi connectivity index (χ1) is 27.7. The van der Waals surface area contributed by atoms with Crippen molar-refractivity contribution in [2.45, 2.75) is 5.41 Å². The number of hydrogen-bond acceptors (Lipinski definition) is 6. The van der Waals surface area contributed by atoms with Crippen LogP contribution in [0.15, 0.2) is 188 Å². The molecular formula is C50H31N5O.